The molecule has 3 aromatic heterocycles. The molecule has 33 heavy (non-hydrogen) atoms. The van der Waals surface area contributed by atoms with Crippen LogP contribution in [0.2, 0.25) is 5.02 Å². The zero-order valence-corrected chi connectivity index (χ0v) is 19.0. The number of halogens is 1. The normalized spacial score (nSPS) is 11.5. The van der Waals surface area contributed by atoms with Crippen molar-refractivity contribution in [2.24, 2.45) is 0 Å². The lowest BCUT2D eigenvalue weighted by molar-refractivity contribution is 0.0971. The van der Waals surface area contributed by atoms with Gasteiger partial charge in [0.25, 0.3) is 0 Å². The largest absolute Gasteiger partial charge is 0.351 e. The van der Waals surface area contributed by atoms with Gasteiger partial charge in [-0.1, -0.05) is 23.7 Å². The summed E-state index contributed by atoms with van der Waals surface area (Å²) >= 11 is 5.93. The van der Waals surface area contributed by atoms with Gasteiger partial charge in [0.05, 0.1) is 17.8 Å². The Hall–Kier alpha value is -3.78. The van der Waals surface area contributed by atoms with Crippen LogP contribution in [0.1, 0.15) is 27.6 Å². The van der Waals surface area contributed by atoms with Crippen molar-refractivity contribution in [1.82, 2.24) is 28.9 Å². The van der Waals surface area contributed by atoms with Gasteiger partial charge in [-0.15, -0.1) is 5.10 Å². The van der Waals surface area contributed by atoms with Gasteiger partial charge in [0.1, 0.15) is 0 Å². The molecule has 0 saturated carbocycles. The van der Waals surface area contributed by atoms with Gasteiger partial charge < -0.3 is 0 Å². The van der Waals surface area contributed by atoms with E-state index in [4.69, 9.17) is 11.6 Å². The highest BCUT2D eigenvalue weighted by atomic mass is 35.5. The minimum absolute atomic E-state index is 0.113. The highest BCUT2D eigenvalue weighted by Crippen LogP contribution is 2.18. The van der Waals surface area contributed by atoms with Crippen LogP contribution in [0.3, 0.4) is 0 Å². The topological polar surface area (TPSA) is 87.1 Å². The second-order valence-electron chi connectivity index (χ2n) is 7.98. The number of fused-ring (bicyclic) bond motifs is 3. The fraction of sp³-hybridized carbons (Fsp3) is 0.208. The molecule has 0 unspecified atom stereocenters. The molecule has 0 bridgehead atoms. The molecule has 2 aromatic carbocycles. The molecule has 3 heterocycles. The smallest absolute Gasteiger partial charge is 0.292 e. The fourth-order valence-corrected chi connectivity index (χ4v) is 4.14. The van der Waals surface area contributed by atoms with Crippen LogP contribution >= 0.6 is 11.6 Å². The fourth-order valence-electron chi connectivity index (χ4n) is 4.01. The van der Waals surface area contributed by atoms with Crippen molar-refractivity contribution in [2.45, 2.75) is 33.4 Å². The van der Waals surface area contributed by atoms with Crippen molar-refractivity contribution >= 4 is 33.9 Å². The average molecular weight is 461 g/mol. The lowest BCUT2D eigenvalue weighted by atomic mass is 10.1. The summed E-state index contributed by atoms with van der Waals surface area (Å²) < 4.78 is 4.63. The van der Waals surface area contributed by atoms with Crippen LogP contribution < -0.4 is 5.69 Å². The van der Waals surface area contributed by atoms with Crippen molar-refractivity contribution < 1.29 is 4.79 Å². The van der Waals surface area contributed by atoms with Crippen molar-refractivity contribution in [3.8, 4) is 0 Å². The van der Waals surface area contributed by atoms with E-state index in [1.54, 1.807) is 24.3 Å². The number of carbonyl (C=O) groups excluding carboxylic acids is 1. The van der Waals surface area contributed by atoms with E-state index in [1.807, 2.05) is 48.9 Å². The van der Waals surface area contributed by atoms with Gasteiger partial charge in [0.15, 0.2) is 17.3 Å². The van der Waals surface area contributed by atoms with Crippen LogP contribution in [0.5, 0.6) is 0 Å². The second kappa shape index (κ2) is 8.29. The van der Waals surface area contributed by atoms with E-state index >= 15 is 0 Å². The predicted octanol–water partition coefficient (Wildman–Crippen LogP) is 3.64. The van der Waals surface area contributed by atoms with Crippen molar-refractivity contribution in [1.29, 1.82) is 0 Å². The number of hydrogen-bond acceptors (Lipinski definition) is 5. The molecule has 0 fully saturated rings. The molecule has 9 heteroatoms. The first-order valence-corrected chi connectivity index (χ1v) is 11.0. The molecular weight excluding hydrogens is 440 g/mol. The second-order valence-corrected chi connectivity index (χ2v) is 8.42. The summed E-state index contributed by atoms with van der Waals surface area (Å²) in [6, 6.07) is 16.1. The summed E-state index contributed by atoms with van der Waals surface area (Å²) in [6.45, 7) is 4.45. The Balaban J connectivity index is 1.54. The summed E-state index contributed by atoms with van der Waals surface area (Å²) in [7, 11) is 0. The van der Waals surface area contributed by atoms with E-state index in [-0.39, 0.29) is 12.3 Å². The maximum atomic E-state index is 13.3. The maximum absolute atomic E-state index is 13.3. The Bertz CT molecular complexity index is 1560. The van der Waals surface area contributed by atoms with E-state index in [0.29, 0.717) is 40.5 Å². The standard InChI is InChI=1S/C24H21ClN6O2/c1-15-13-16(2)30(27-15)12-11-22-26-23-19-5-3-4-6-20(19)29(24(33)31(23)28-22)14-21(32)17-7-9-18(25)10-8-17/h3-10,13H,11-12,14H2,1-2H3. The van der Waals surface area contributed by atoms with Crippen molar-refractivity contribution in [2.75, 3.05) is 0 Å². The van der Waals surface area contributed by atoms with E-state index in [0.717, 1.165) is 16.8 Å². The maximum Gasteiger partial charge on any atom is 0.351 e. The Morgan fingerprint density at radius 2 is 1.79 bits per heavy atom. The zero-order chi connectivity index (χ0) is 23.1. The SMILES string of the molecule is Cc1cc(C)n(CCc2nc3c4ccccc4n(CC(=O)c4ccc(Cl)cc4)c(=O)n3n2)n1. The highest BCUT2D eigenvalue weighted by Gasteiger charge is 2.17. The van der Waals surface area contributed by atoms with Crippen molar-refractivity contribution in [3.63, 3.8) is 0 Å². The number of para-hydroxylation sites is 1. The number of nitrogens with zero attached hydrogens (tertiary/aromatic N) is 6. The number of hydrogen-bond donors (Lipinski definition) is 0. The van der Waals surface area contributed by atoms with Crippen LogP contribution in [-0.4, -0.2) is 34.7 Å². The van der Waals surface area contributed by atoms with E-state index < -0.39 is 5.69 Å². The third-order valence-electron chi connectivity index (χ3n) is 5.62. The van der Waals surface area contributed by atoms with Gasteiger partial charge in [-0.25, -0.2) is 9.78 Å². The van der Waals surface area contributed by atoms with Gasteiger partial charge in [-0.3, -0.25) is 14.0 Å². The third kappa shape index (κ3) is 3.93. The van der Waals surface area contributed by atoms with E-state index in [9.17, 15) is 9.59 Å². The van der Waals surface area contributed by atoms with Gasteiger partial charge >= 0.3 is 5.69 Å². The molecule has 0 N–H and O–H groups in total. The van der Waals surface area contributed by atoms with Gasteiger partial charge in [0.2, 0.25) is 0 Å². The van der Waals surface area contributed by atoms with Crippen LogP contribution in [0.4, 0.5) is 0 Å². The van der Waals surface area contributed by atoms with Crippen LogP contribution in [0, 0.1) is 13.8 Å². The first-order chi connectivity index (χ1) is 15.9. The number of ketones is 1. The molecule has 0 saturated heterocycles. The Morgan fingerprint density at radius 1 is 1.03 bits per heavy atom. The highest BCUT2D eigenvalue weighted by molar-refractivity contribution is 6.30. The van der Waals surface area contributed by atoms with E-state index in [2.05, 4.69) is 15.2 Å². The molecule has 0 aliphatic rings. The van der Waals surface area contributed by atoms with Crippen molar-refractivity contribution in [3.05, 3.63) is 92.9 Å². The minimum atomic E-state index is -0.407. The molecule has 8 nitrogen and oxygen atoms in total. The summed E-state index contributed by atoms with van der Waals surface area (Å²) in [6.07, 6.45) is 0.529. The molecule has 0 amide bonds. The predicted molar refractivity (Wildman–Crippen MR) is 126 cm³/mol. The summed E-state index contributed by atoms with van der Waals surface area (Å²) in [5.41, 5.74) is 3.21. The number of Topliss-reactive ketones (excluding diaryl/α,β-unsaturated/α-hetero) is 1. The first-order valence-electron chi connectivity index (χ1n) is 10.6. The third-order valence-corrected chi connectivity index (χ3v) is 5.87. The molecule has 5 aromatic rings. The monoisotopic (exact) mass is 460 g/mol. The molecule has 0 spiro atoms. The molecule has 166 valence electrons. The van der Waals surface area contributed by atoms with Crippen LogP contribution in [0.25, 0.3) is 16.6 Å². The average Bonchev–Trinajstić information content (AvgIpc) is 3.38. The minimum Gasteiger partial charge on any atom is -0.292 e. The first kappa shape index (κ1) is 21.1. The van der Waals surface area contributed by atoms with E-state index in [1.165, 1.54) is 9.08 Å². The lowest BCUT2D eigenvalue weighted by Gasteiger charge is -2.10. The number of aryl methyl sites for hydroxylation is 4. The van der Waals surface area contributed by atoms with Gasteiger partial charge in [0, 0.05) is 34.6 Å². The molecule has 5 rings (SSSR count). The Kier molecular flexibility index (Phi) is 5.30. The van der Waals surface area contributed by atoms with Crippen LogP contribution in [0.15, 0.2) is 59.4 Å². The molecule has 0 atom stereocenters. The van der Waals surface area contributed by atoms with Gasteiger partial charge in [-0.05, 0) is 56.3 Å². The molecule has 0 radical (unpaired) electrons. The Labute approximate surface area is 194 Å². The summed E-state index contributed by atoms with van der Waals surface area (Å²) in [5, 5.41) is 10.2. The molecule has 0 aliphatic carbocycles. The zero-order valence-electron chi connectivity index (χ0n) is 18.2. The summed E-state index contributed by atoms with van der Waals surface area (Å²) in [4.78, 5) is 30.9. The Morgan fingerprint density at radius 3 is 2.52 bits per heavy atom. The molecule has 0 aliphatic heterocycles. The number of benzene rings is 2. The quantitative estimate of drug-likeness (QED) is 0.361. The van der Waals surface area contributed by atoms with Crippen LogP contribution in [-0.2, 0) is 19.5 Å². The number of rotatable bonds is 6. The van der Waals surface area contributed by atoms with Gasteiger partial charge in [-0.2, -0.15) is 9.61 Å². The molecular formula is C24H21ClN6O2. The number of carbonyl (C=O) groups is 1. The number of aromatic nitrogens is 6. The lowest BCUT2D eigenvalue weighted by Crippen LogP contribution is -2.30. The summed E-state index contributed by atoms with van der Waals surface area (Å²) in [5.74, 6) is 0.356.